The van der Waals surface area contributed by atoms with Gasteiger partial charge >= 0.3 is 0 Å². The predicted octanol–water partition coefficient (Wildman–Crippen LogP) is 5.67. The Morgan fingerprint density at radius 2 is 1.97 bits per heavy atom. The SMILES string of the molecule is C=CC(=O)N1C2CC[C@H]1CC(Oc1cc3c(Nc4ccc(Cl)c(Cl)c4F)ncnc3cc1OCCCO)C2. The van der Waals surface area contributed by atoms with Crippen LogP contribution >= 0.6 is 23.2 Å². The monoisotopic (exact) mass is 560 g/mol. The molecule has 2 N–H and O–H groups in total. The molecule has 38 heavy (non-hydrogen) atoms. The zero-order chi connectivity index (χ0) is 26.8. The largest absolute Gasteiger partial charge is 0.490 e. The Hall–Kier alpha value is -3.14. The Labute approximate surface area is 229 Å². The Morgan fingerprint density at radius 1 is 1.21 bits per heavy atom. The first-order chi connectivity index (χ1) is 18.4. The van der Waals surface area contributed by atoms with Crippen molar-refractivity contribution < 1.29 is 23.8 Å². The lowest BCUT2D eigenvalue weighted by Crippen LogP contribution is -2.48. The smallest absolute Gasteiger partial charge is 0.246 e. The maximum absolute atomic E-state index is 14.7. The molecule has 2 unspecified atom stereocenters. The maximum atomic E-state index is 14.7. The summed E-state index contributed by atoms with van der Waals surface area (Å²) in [6.07, 6.45) is 6.29. The number of ether oxygens (including phenoxy) is 2. The molecule has 1 aromatic heterocycles. The Bertz CT molecular complexity index is 1360. The first-order valence-electron chi connectivity index (χ1n) is 12.4. The molecule has 2 saturated heterocycles. The van der Waals surface area contributed by atoms with Gasteiger partial charge in [0.1, 0.15) is 18.2 Å². The Balaban J connectivity index is 1.47. The van der Waals surface area contributed by atoms with Crippen LogP contribution in [0.5, 0.6) is 11.5 Å². The van der Waals surface area contributed by atoms with Gasteiger partial charge in [-0.2, -0.15) is 0 Å². The predicted molar refractivity (Wildman–Crippen MR) is 144 cm³/mol. The number of amides is 1. The van der Waals surface area contributed by atoms with Crippen molar-refractivity contribution in [2.75, 3.05) is 18.5 Å². The lowest BCUT2D eigenvalue weighted by Gasteiger charge is -2.38. The number of aliphatic hydroxyl groups is 1. The third-order valence-corrected chi connectivity index (χ3v) is 7.74. The van der Waals surface area contributed by atoms with Gasteiger partial charge in [0.15, 0.2) is 17.3 Å². The minimum Gasteiger partial charge on any atom is -0.490 e. The van der Waals surface area contributed by atoms with E-state index in [1.807, 2.05) is 4.90 Å². The van der Waals surface area contributed by atoms with E-state index in [0.717, 1.165) is 12.8 Å². The van der Waals surface area contributed by atoms with E-state index in [4.69, 9.17) is 32.7 Å². The minimum atomic E-state index is -0.692. The third kappa shape index (κ3) is 5.23. The van der Waals surface area contributed by atoms with Gasteiger partial charge in [0.2, 0.25) is 5.91 Å². The standard InChI is InChI=1S/C27H27Cl2FN4O4/c1-2-24(36)34-15-4-5-16(34)11-17(10-15)38-23-12-18-21(13-22(23)37-9-3-8-35)31-14-32-27(18)33-20-7-6-19(28)25(29)26(20)30/h2,6-7,12-17,35H,1,3-5,8-11H2,(H,31,32,33)/t15-,16?,17?/m0/s1. The van der Waals surface area contributed by atoms with E-state index in [2.05, 4.69) is 21.9 Å². The lowest BCUT2D eigenvalue weighted by atomic mass is 9.99. The van der Waals surface area contributed by atoms with Crippen LogP contribution in [0.25, 0.3) is 10.9 Å². The highest BCUT2D eigenvalue weighted by Gasteiger charge is 2.43. The molecule has 2 aliphatic rings. The van der Waals surface area contributed by atoms with Crippen molar-refractivity contribution in [1.82, 2.24) is 14.9 Å². The molecule has 0 spiro atoms. The number of nitrogens with one attached hydrogen (secondary N) is 1. The topological polar surface area (TPSA) is 96.8 Å². The fraction of sp³-hybridized carbons (Fsp3) is 0.370. The molecule has 3 atom stereocenters. The highest BCUT2D eigenvalue weighted by atomic mass is 35.5. The van der Waals surface area contributed by atoms with Crippen LogP contribution in [-0.4, -0.2) is 57.3 Å². The molecule has 0 aliphatic carbocycles. The van der Waals surface area contributed by atoms with Crippen LogP contribution in [0.4, 0.5) is 15.9 Å². The van der Waals surface area contributed by atoms with Crippen molar-refractivity contribution in [3.05, 3.63) is 59.1 Å². The second kappa shape index (κ2) is 11.3. The number of carbonyl (C=O) groups excluding carboxylic acids is 1. The molecule has 3 aromatic rings. The van der Waals surface area contributed by atoms with Gasteiger partial charge in [-0.1, -0.05) is 29.8 Å². The van der Waals surface area contributed by atoms with E-state index in [9.17, 15) is 14.3 Å². The number of benzene rings is 2. The van der Waals surface area contributed by atoms with Crippen LogP contribution in [0.15, 0.2) is 43.2 Å². The van der Waals surface area contributed by atoms with E-state index in [0.29, 0.717) is 54.1 Å². The van der Waals surface area contributed by atoms with Crippen molar-refractivity contribution in [3.63, 3.8) is 0 Å². The molecule has 2 aromatic carbocycles. The fourth-order valence-electron chi connectivity index (χ4n) is 5.23. The van der Waals surface area contributed by atoms with Crippen LogP contribution in [0.3, 0.4) is 0 Å². The Kier molecular flexibility index (Phi) is 7.88. The van der Waals surface area contributed by atoms with E-state index >= 15 is 0 Å². The van der Waals surface area contributed by atoms with Crippen LogP contribution in [-0.2, 0) is 4.79 Å². The van der Waals surface area contributed by atoms with Crippen LogP contribution in [0.2, 0.25) is 10.0 Å². The number of anilines is 2. The number of aromatic nitrogens is 2. The zero-order valence-corrected chi connectivity index (χ0v) is 22.0. The quantitative estimate of drug-likeness (QED) is 0.198. The second-order valence-electron chi connectivity index (χ2n) is 9.36. The van der Waals surface area contributed by atoms with Crippen LogP contribution in [0, 0.1) is 5.82 Å². The molecular formula is C27H27Cl2FN4O4. The second-order valence-corrected chi connectivity index (χ2v) is 10.1. The number of rotatable bonds is 9. The summed E-state index contributed by atoms with van der Waals surface area (Å²) in [6.45, 7) is 3.92. The molecule has 0 radical (unpaired) electrons. The van der Waals surface area contributed by atoms with Gasteiger partial charge in [0, 0.05) is 49.4 Å². The van der Waals surface area contributed by atoms with Gasteiger partial charge in [-0.05, 0) is 37.1 Å². The first-order valence-corrected chi connectivity index (χ1v) is 13.2. The van der Waals surface area contributed by atoms with Gasteiger partial charge in [-0.3, -0.25) is 4.79 Å². The number of hydrogen-bond acceptors (Lipinski definition) is 7. The fourth-order valence-corrected chi connectivity index (χ4v) is 5.54. The summed E-state index contributed by atoms with van der Waals surface area (Å²) in [5, 5.41) is 12.7. The highest BCUT2D eigenvalue weighted by Crippen LogP contribution is 2.41. The summed E-state index contributed by atoms with van der Waals surface area (Å²) in [4.78, 5) is 22.9. The molecule has 8 nitrogen and oxygen atoms in total. The number of fused-ring (bicyclic) bond motifs is 3. The molecule has 2 aliphatic heterocycles. The summed E-state index contributed by atoms with van der Waals surface area (Å²) in [5.74, 6) is 0.578. The van der Waals surface area contributed by atoms with Crippen LogP contribution in [0.1, 0.15) is 32.1 Å². The molecule has 1 amide bonds. The molecular weight excluding hydrogens is 534 g/mol. The molecule has 2 fully saturated rings. The van der Waals surface area contributed by atoms with Crippen molar-refractivity contribution in [3.8, 4) is 11.5 Å². The summed E-state index contributed by atoms with van der Waals surface area (Å²) in [7, 11) is 0. The van der Waals surface area contributed by atoms with Crippen molar-refractivity contribution in [2.45, 2.75) is 50.3 Å². The van der Waals surface area contributed by atoms with Gasteiger partial charge in [-0.15, -0.1) is 0 Å². The summed E-state index contributed by atoms with van der Waals surface area (Å²) >= 11 is 11.9. The average Bonchev–Trinajstić information content (AvgIpc) is 3.19. The first kappa shape index (κ1) is 26.5. The minimum absolute atomic E-state index is 0.00558. The molecule has 0 saturated carbocycles. The third-order valence-electron chi connectivity index (χ3n) is 6.96. The average molecular weight is 561 g/mol. The van der Waals surface area contributed by atoms with Crippen molar-refractivity contribution >= 4 is 51.5 Å². The van der Waals surface area contributed by atoms with Crippen molar-refractivity contribution in [1.29, 1.82) is 0 Å². The van der Waals surface area contributed by atoms with Crippen LogP contribution < -0.4 is 14.8 Å². The van der Waals surface area contributed by atoms with E-state index in [1.165, 1.54) is 24.5 Å². The van der Waals surface area contributed by atoms with Gasteiger partial charge in [-0.25, -0.2) is 14.4 Å². The zero-order valence-electron chi connectivity index (χ0n) is 20.5. The van der Waals surface area contributed by atoms with E-state index < -0.39 is 5.82 Å². The summed E-state index contributed by atoms with van der Waals surface area (Å²) in [6, 6.07) is 6.69. The molecule has 3 heterocycles. The van der Waals surface area contributed by atoms with E-state index in [-0.39, 0.29) is 46.4 Å². The molecule has 2 bridgehead atoms. The number of carbonyl (C=O) groups is 1. The molecule has 11 heteroatoms. The number of aliphatic hydroxyl groups excluding tert-OH is 1. The Morgan fingerprint density at radius 3 is 2.68 bits per heavy atom. The summed E-state index contributed by atoms with van der Waals surface area (Å²) < 4.78 is 27.2. The number of hydrogen-bond donors (Lipinski definition) is 2. The number of halogens is 3. The maximum Gasteiger partial charge on any atom is 0.246 e. The lowest BCUT2D eigenvalue weighted by molar-refractivity contribution is -0.131. The number of piperidine rings is 1. The van der Waals surface area contributed by atoms with Gasteiger partial charge in [0.25, 0.3) is 0 Å². The van der Waals surface area contributed by atoms with Crippen molar-refractivity contribution in [2.24, 2.45) is 0 Å². The molecule has 5 rings (SSSR count). The van der Waals surface area contributed by atoms with E-state index in [1.54, 1.807) is 12.1 Å². The van der Waals surface area contributed by atoms with Gasteiger partial charge < -0.3 is 24.8 Å². The molecule has 200 valence electrons. The highest BCUT2D eigenvalue weighted by molar-refractivity contribution is 6.42. The summed E-state index contributed by atoms with van der Waals surface area (Å²) in [5.41, 5.74) is 0.668. The number of nitrogens with zero attached hydrogens (tertiary/aromatic N) is 3. The normalized spacial score (nSPS) is 20.4. The van der Waals surface area contributed by atoms with Gasteiger partial charge in [0.05, 0.1) is 27.9 Å².